The van der Waals surface area contributed by atoms with Crippen molar-refractivity contribution in [1.29, 1.82) is 0 Å². The summed E-state index contributed by atoms with van der Waals surface area (Å²) in [6.07, 6.45) is 5.35. The highest BCUT2D eigenvalue weighted by Crippen LogP contribution is 2.51. The monoisotopic (exact) mass is 398 g/mol. The van der Waals surface area contributed by atoms with Crippen LogP contribution in [0.5, 0.6) is 0 Å². The highest BCUT2D eigenvalue weighted by Gasteiger charge is 2.47. The third-order valence-corrected chi connectivity index (χ3v) is 15.8. The third-order valence-electron chi connectivity index (χ3n) is 8.19. The van der Waals surface area contributed by atoms with Crippen LogP contribution in [0.3, 0.4) is 0 Å². The minimum atomic E-state index is -1.40. The van der Waals surface area contributed by atoms with Crippen molar-refractivity contribution in [1.82, 2.24) is 0 Å². The fraction of sp³-hybridized carbons (Fsp3) is 1.00. The molecule has 27 heavy (non-hydrogen) atoms. The summed E-state index contributed by atoms with van der Waals surface area (Å²) in [5.74, 6) is 2.39. The summed E-state index contributed by atoms with van der Waals surface area (Å²) in [7, 11) is 2.37. The van der Waals surface area contributed by atoms with E-state index in [0.29, 0.717) is 0 Å². The first kappa shape index (κ1) is 25.2. The lowest BCUT2D eigenvalue weighted by Gasteiger charge is -2.49. The van der Waals surface area contributed by atoms with Crippen molar-refractivity contribution >= 4 is 8.07 Å². The molecule has 2 atom stereocenters. The molecule has 0 N–H and O–H groups in total. The second kappa shape index (κ2) is 10.8. The van der Waals surface area contributed by atoms with Crippen molar-refractivity contribution in [3.05, 3.63) is 0 Å². The van der Waals surface area contributed by atoms with Crippen LogP contribution >= 0.6 is 0 Å². The van der Waals surface area contributed by atoms with Gasteiger partial charge in [-0.25, -0.2) is 0 Å². The maximum atomic E-state index is 5.87. The maximum absolute atomic E-state index is 5.87. The minimum absolute atomic E-state index is 0.184. The second-order valence-electron chi connectivity index (χ2n) is 10.9. The van der Waals surface area contributed by atoms with Gasteiger partial charge in [-0.1, -0.05) is 78.1 Å². The molecule has 0 aromatic carbocycles. The van der Waals surface area contributed by atoms with Gasteiger partial charge < -0.3 is 9.47 Å². The van der Waals surface area contributed by atoms with Crippen molar-refractivity contribution < 1.29 is 9.47 Å². The van der Waals surface area contributed by atoms with Crippen LogP contribution in [0.1, 0.15) is 81.1 Å². The van der Waals surface area contributed by atoms with E-state index < -0.39 is 8.07 Å². The van der Waals surface area contributed by atoms with E-state index in [-0.39, 0.29) is 5.41 Å². The Kier molecular flexibility index (Phi) is 10.1. The largest absolute Gasteiger partial charge is 0.384 e. The normalized spacial score (nSPS) is 25.0. The molecule has 0 aromatic heterocycles. The van der Waals surface area contributed by atoms with Crippen molar-refractivity contribution in [3.8, 4) is 0 Å². The van der Waals surface area contributed by atoms with Crippen LogP contribution in [-0.4, -0.2) is 35.5 Å². The van der Waals surface area contributed by atoms with Crippen LogP contribution in [0, 0.1) is 23.2 Å². The first-order valence-electron chi connectivity index (χ1n) is 11.5. The highest BCUT2D eigenvalue weighted by atomic mass is 28.3. The van der Waals surface area contributed by atoms with Crippen molar-refractivity contribution in [3.63, 3.8) is 0 Å². The van der Waals surface area contributed by atoms with Gasteiger partial charge in [-0.3, -0.25) is 0 Å². The summed E-state index contributed by atoms with van der Waals surface area (Å²) < 4.78 is 11.7. The lowest BCUT2D eigenvalue weighted by Crippen LogP contribution is -2.48. The Hall–Kier alpha value is 0.137. The van der Waals surface area contributed by atoms with Gasteiger partial charge in [0.25, 0.3) is 0 Å². The van der Waals surface area contributed by atoms with Crippen LogP contribution in [-0.2, 0) is 9.47 Å². The fourth-order valence-corrected chi connectivity index (χ4v) is 13.6. The summed E-state index contributed by atoms with van der Waals surface area (Å²) in [4.78, 5) is 0. The zero-order chi connectivity index (χ0) is 20.8. The summed E-state index contributed by atoms with van der Waals surface area (Å²) in [5.41, 5.74) is 2.65. The van der Waals surface area contributed by atoms with Gasteiger partial charge in [0.1, 0.15) is 0 Å². The molecule has 162 valence electrons. The Morgan fingerprint density at radius 3 is 1.52 bits per heavy atom. The fourth-order valence-electron chi connectivity index (χ4n) is 6.98. The lowest BCUT2D eigenvalue weighted by atomic mass is 9.63. The van der Waals surface area contributed by atoms with Crippen LogP contribution in [0.25, 0.3) is 0 Å². The molecule has 0 heterocycles. The van der Waals surface area contributed by atoms with Crippen molar-refractivity contribution in [2.24, 2.45) is 23.2 Å². The second-order valence-corrected chi connectivity index (χ2v) is 17.1. The van der Waals surface area contributed by atoms with E-state index in [1.165, 1.54) is 31.7 Å². The molecule has 2 nitrogen and oxygen atoms in total. The van der Waals surface area contributed by atoms with Gasteiger partial charge in [0.15, 0.2) is 0 Å². The quantitative estimate of drug-likeness (QED) is 0.337. The van der Waals surface area contributed by atoms with Gasteiger partial charge in [-0.05, 0) is 43.4 Å². The minimum Gasteiger partial charge on any atom is -0.384 e. The summed E-state index contributed by atoms with van der Waals surface area (Å²) in [5, 5.41) is 0. The average molecular weight is 399 g/mol. The van der Waals surface area contributed by atoms with E-state index in [2.05, 4.69) is 55.4 Å². The van der Waals surface area contributed by atoms with Crippen LogP contribution in [0.4, 0.5) is 0 Å². The van der Waals surface area contributed by atoms with Crippen molar-refractivity contribution in [2.45, 2.75) is 104 Å². The summed E-state index contributed by atoms with van der Waals surface area (Å²) >= 11 is 0. The zero-order valence-corrected chi connectivity index (χ0v) is 21.2. The van der Waals surface area contributed by atoms with Gasteiger partial charge in [0, 0.05) is 19.6 Å². The number of methoxy groups -OCH3 is 2. The van der Waals surface area contributed by atoms with Gasteiger partial charge in [-0.15, -0.1) is 0 Å². The molecule has 0 amide bonds. The molecule has 2 unspecified atom stereocenters. The first-order valence-corrected chi connectivity index (χ1v) is 14.0. The number of hydrogen-bond donors (Lipinski definition) is 0. The van der Waals surface area contributed by atoms with E-state index in [9.17, 15) is 0 Å². The summed E-state index contributed by atoms with van der Waals surface area (Å²) in [6.45, 7) is 21.5. The Morgan fingerprint density at radius 2 is 1.19 bits per heavy atom. The van der Waals surface area contributed by atoms with E-state index in [1.54, 1.807) is 0 Å². The molecule has 0 radical (unpaired) electrons. The average Bonchev–Trinajstić information content (AvgIpc) is 2.53. The number of ether oxygens (including phenoxy) is 2. The van der Waals surface area contributed by atoms with Gasteiger partial charge >= 0.3 is 0 Å². The molecule has 1 fully saturated rings. The molecule has 0 saturated heterocycles. The summed E-state index contributed by atoms with van der Waals surface area (Å²) in [6, 6.07) is 1.41. The molecular formula is C24H50O2Si. The highest BCUT2D eigenvalue weighted by molar-refractivity contribution is 6.83. The third kappa shape index (κ3) is 5.82. The SMILES string of the molecule is COCC(CC[Si](C(C)C)(C(C)C)C(C)C)(COC)C1CC(C)CC(C)C1. The molecule has 3 heteroatoms. The zero-order valence-electron chi connectivity index (χ0n) is 20.2. The standard InChI is InChI=1S/C24H50O2Si/c1-18(2)27(19(3)4,20(5)6)12-11-24(16-25-9,17-26-10)23-14-21(7)13-22(8)15-23/h18-23H,11-17H2,1-10H3. The van der Waals surface area contributed by atoms with E-state index >= 15 is 0 Å². The maximum Gasteiger partial charge on any atom is 0.0613 e. The lowest BCUT2D eigenvalue weighted by molar-refractivity contribution is -0.0553. The van der Waals surface area contributed by atoms with E-state index in [1.807, 2.05) is 14.2 Å². The predicted octanol–water partition coefficient (Wildman–Crippen LogP) is 7.41. The van der Waals surface area contributed by atoms with E-state index in [0.717, 1.165) is 47.6 Å². The Morgan fingerprint density at radius 1 is 0.778 bits per heavy atom. The van der Waals surface area contributed by atoms with Crippen LogP contribution in [0.15, 0.2) is 0 Å². The number of rotatable bonds is 11. The Balaban J connectivity index is 3.19. The Labute approximate surface area is 172 Å². The van der Waals surface area contributed by atoms with Crippen molar-refractivity contribution in [2.75, 3.05) is 27.4 Å². The van der Waals surface area contributed by atoms with Crippen LogP contribution < -0.4 is 0 Å². The number of hydrogen-bond acceptors (Lipinski definition) is 2. The smallest absolute Gasteiger partial charge is 0.0613 e. The van der Waals surface area contributed by atoms with E-state index in [4.69, 9.17) is 9.47 Å². The molecule has 0 aliphatic heterocycles. The molecule has 1 aliphatic rings. The molecule has 1 rings (SSSR count). The Bertz CT molecular complexity index is 381. The predicted molar refractivity (Wildman–Crippen MR) is 122 cm³/mol. The molecule has 0 aromatic rings. The van der Waals surface area contributed by atoms with Gasteiger partial charge in [0.2, 0.25) is 0 Å². The molecular weight excluding hydrogens is 348 g/mol. The van der Waals surface area contributed by atoms with Gasteiger partial charge in [-0.2, -0.15) is 0 Å². The first-order chi connectivity index (χ1) is 12.6. The van der Waals surface area contributed by atoms with Gasteiger partial charge in [0.05, 0.1) is 21.3 Å². The van der Waals surface area contributed by atoms with Crippen LogP contribution in [0.2, 0.25) is 22.7 Å². The molecule has 1 saturated carbocycles. The molecule has 1 aliphatic carbocycles. The molecule has 0 spiro atoms. The molecule has 0 bridgehead atoms. The topological polar surface area (TPSA) is 18.5 Å².